The van der Waals surface area contributed by atoms with Gasteiger partial charge in [-0.15, -0.1) is 22.7 Å². The van der Waals surface area contributed by atoms with Crippen LogP contribution in [0.3, 0.4) is 0 Å². The summed E-state index contributed by atoms with van der Waals surface area (Å²) in [5.74, 6) is -0.617. The highest BCUT2D eigenvalue weighted by Gasteiger charge is 2.21. The van der Waals surface area contributed by atoms with Gasteiger partial charge in [-0.3, -0.25) is 4.79 Å². The molecule has 6 heteroatoms. The number of ether oxygens (including phenoxy) is 1. The van der Waals surface area contributed by atoms with Crippen LogP contribution in [0, 0.1) is 0 Å². The highest BCUT2D eigenvalue weighted by atomic mass is 32.1. The van der Waals surface area contributed by atoms with Crippen LogP contribution < -0.4 is 5.32 Å². The van der Waals surface area contributed by atoms with Crippen molar-refractivity contribution in [2.24, 2.45) is 0 Å². The first-order valence-electron chi connectivity index (χ1n) is 7.63. The Labute approximate surface area is 148 Å². The second-order valence-electron chi connectivity index (χ2n) is 5.27. The fourth-order valence-electron chi connectivity index (χ4n) is 2.62. The highest BCUT2D eigenvalue weighted by Crippen LogP contribution is 2.33. The number of rotatable bonds is 5. The third kappa shape index (κ3) is 3.07. The van der Waals surface area contributed by atoms with Crippen LogP contribution in [0.5, 0.6) is 0 Å². The lowest BCUT2D eigenvalue weighted by atomic mass is 10.1. The third-order valence-electron chi connectivity index (χ3n) is 3.69. The van der Waals surface area contributed by atoms with Crippen LogP contribution in [0.15, 0.2) is 35.7 Å². The molecule has 0 saturated carbocycles. The standard InChI is InChI=1S/C18H17NO3S2/c1-3-6-12-11-7-4-5-8-14(11)24-15(12)17(20)19-13-9-10-23-16(13)18(21)22-2/h4-5,7-10H,3,6H2,1-2H3,(H,19,20). The lowest BCUT2D eigenvalue weighted by Gasteiger charge is -2.06. The zero-order valence-electron chi connectivity index (χ0n) is 13.4. The average Bonchev–Trinajstić information content (AvgIpc) is 3.19. The molecule has 0 spiro atoms. The molecule has 2 aromatic heterocycles. The minimum atomic E-state index is -0.439. The van der Waals surface area contributed by atoms with Gasteiger partial charge in [-0.05, 0) is 34.9 Å². The maximum atomic E-state index is 12.8. The molecule has 24 heavy (non-hydrogen) atoms. The van der Waals surface area contributed by atoms with E-state index in [4.69, 9.17) is 4.74 Å². The number of benzene rings is 1. The number of carbonyl (C=O) groups excluding carboxylic acids is 2. The molecule has 0 radical (unpaired) electrons. The van der Waals surface area contributed by atoms with Crippen LogP contribution in [0.1, 0.15) is 38.3 Å². The van der Waals surface area contributed by atoms with E-state index < -0.39 is 5.97 Å². The Kier molecular flexibility index (Phi) is 4.97. The van der Waals surface area contributed by atoms with Gasteiger partial charge in [-0.25, -0.2) is 4.79 Å². The Morgan fingerprint density at radius 3 is 2.71 bits per heavy atom. The van der Waals surface area contributed by atoms with Gasteiger partial charge >= 0.3 is 5.97 Å². The summed E-state index contributed by atoms with van der Waals surface area (Å²) >= 11 is 2.74. The second-order valence-corrected chi connectivity index (χ2v) is 7.23. The minimum Gasteiger partial charge on any atom is -0.465 e. The molecule has 0 aliphatic rings. The predicted molar refractivity (Wildman–Crippen MR) is 99.4 cm³/mol. The van der Waals surface area contributed by atoms with Gasteiger partial charge in [0.1, 0.15) is 4.88 Å². The quantitative estimate of drug-likeness (QED) is 0.656. The van der Waals surface area contributed by atoms with Crippen molar-refractivity contribution in [2.45, 2.75) is 19.8 Å². The molecule has 0 saturated heterocycles. The van der Waals surface area contributed by atoms with Gasteiger partial charge in [0.05, 0.1) is 17.7 Å². The van der Waals surface area contributed by atoms with Crippen molar-refractivity contribution in [3.8, 4) is 0 Å². The van der Waals surface area contributed by atoms with Gasteiger partial charge in [-0.2, -0.15) is 0 Å². The van der Waals surface area contributed by atoms with Crippen molar-refractivity contribution < 1.29 is 14.3 Å². The number of anilines is 1. The number of methoxy groups -OCH3 is 1. The Morgan fingerprint density at radius 1 is 1.17 bits per heavy atom. The molecule has 0 atom stereocenters. The van der Waals surface area contributed by atoms with Crippen LogP contribution in [0.25, 0.3) is 10.1 Å². The summed E-state index contributed by atoms with van der Waals surface area (Å²) in [5, 5.41) is 5.76. The zero-order chi connectivity index (χ0) is 17.1. The monoisotopic (exact) mass is 359 g/mol. The van der Waals surface area contributed by atoms with Gasteiger partial charge in [0, 0.05) is 4.70 Å². The van der Waals surface area contributed by atoms with Crippen molar-refractivity contribution in [3.63, 3.8) is 0 Å². The Bertz CT molecular complexity index is 895. The molecule has 3 rings (SSSR count). The van der Waals surface area contributed by atoms with E-state index in [9.17, 15) is 9.59 Å². The largest absolute Gasteiger partial charge is 0.465 e. The normalized spacial score (nSPS) is 10.8. The van der Waals surface area contributed by atoms with Gasteiger partial charge < -0.3 is 10.1 Å². The molecular weight excluding hydrogens is 342 g/mol. The molecule has 0 unspecified atom stereocenters. The van der Waals surface area contributed by atoms with E-state index >= 15 is 0 Å². The summed E-state index contributed by atoms with van der Waals surface area (Å²) < 4.78 is 5.86. The number of esters is 1. The van der Waals surface area contributed by atoms with Crippen LogP contribution in [-0.4, -0.2) is 19.0 Å². The number of aryl methyl sites for hydroxylation is 1. The number of carbonyl (C=O) groups is 2. The number of nitrogens with one attached hydrogen (secondary N) is 1. The first-order chi connectivity index (χ1) is 11.7. The number of thiophene rings is 2. The molecule has 0 aliphatic carbocycles. The van der Waals surface area contributed by atoms with E-state index in [2.05, 4.69) is 18.3 Å². The molecule has 4 nitrogen and oxygen atoms in total. The third-order valence-corrected chi connectivity index (χ3v) is 5.80. The number of amides is 1. The van der Waals surface area contributed by atoms with E-state index in [0.717, 1.165) is 28.5 Å². The minimum absolute atomic E-state index is 0.178. The Balaban J connectivity index is 1.96. The second kappa shape index (κ2) is 7.15. The molecule has 1 amide bonds. The first-order valence-corrected chi connectivity index (χ1v) is 9.32. The SMILES string of the molecule is CCCc1c(C(=O)Nc2ccsc2C(=O)OC)sc2ccccc12. The highest BCUT2D eigenvalue weighted by molar-refractivity contribution is 7.21. The topological polar surface area (TPSA) is 55.4 Å². The molecule has 3 aromatic rings. The van der Waals surface area contributed by atoms with E-state index in [1.54, 1.807) is 11.4 Å². The van der Waals surface area contributed by atoms with Gasteiger partial charge in [0.2, 0.25) is 0 Å². The van der Waals surface area contributed by atoms with Crippen LogP contribution in [-0.2, 0) is 11.2 Å². The summed E-state index contributed by atoms with van der Waals surface area (Å²) in [6.45, 7) is 2.10. The molecule has 1 N–H and O–H groups in total. The maximum absolute atomic E-state index is 12.8. The van der Waals surface area contributed by atoms with E-state index in [1.807, 2.05) is 18.2 Å². The molecule has 124 valence electrons. The number of hydrogen-bond acceptors (Lipinski definition) is 5. The van der Waals surface area contributed by atoms with E-state index in [1.165, 1.54) is 29.8 Å². The first kappa shape index (κ1) is 16.7. The van der Waals surface area contributed by atoms with Gasteiger partial charge in [0.25, 0.3) is 5.91 Å². The maximum Gasteiger partial charge on any atom is 0.350 e. The lowest BCUT2D eigenvalue weighted by molar-refractivity contribution is 0.0607. The van der Waals surface area contributed by atoms with Crippen molar-refractivity contribution in [3.05, 3.63) is 51.0 Å². The summed E-state index contributed by atoms with van der Waals surface area (Å²) in [6.07, 6.45) is 1.81. The van der Waals surface area contributed by atoms with Crippen molar-refractivity contribution in [1.82, 2.24) is 0 Å². The van der Waals surface area contributed by atoms with E-state index in [-0.39, 0.29) is 5.91 Å². The Morgan fingerprint density at radius 2 is 1.96 bits per heavy atom. The molecule has 0 bridgehead atoms. The molecule has 0 fully saturated rings. The lowest BCUT2D eigenvalue weighted by Crippen LogP contribution is -2.14. The van der Waals surface area contributed by atoms with Gasteiger partial charge in [-0.1, -0.05) is 31.5 Å². The Hall–Kier alpha value is -2.18. The average molecular weight is 359 g/mol. The van der Waals surface area contributed by atoms with Crippen molar-refractivity contribution in [1.29, 1.82) is 0 Å². The molecule has 1 aromatic carbocycles. The number of hydrogen-bond donors (Lipinski definition) is 1. The molecular formula is C18H17NO3S2. The molecule has 2 heterocycles. The van der Waals surface area contributed by atoms with Crippen molar-refractivity contribution >= 4 is 50.3 Å². The summed E-state index contributed by atoms with van der Waals surface area (Å²) in [4.78, 5) is 25.7. The van der Waals surface area contributed by atoms with Crippen molar-refractivity contribution in [2.75, 3.05) is 12.4 Å². The van der Waals surface area contributed by atoms with Gasteiger partial charge in [0.15, 0.2) is 0 Å². The van der Waals surface area contributed by atoms with Crippen LogP contribution in [0.2, 0.25) is 0 Å². The van der Waals surface area contributed by atoms with Crippen LogP contribution in [0.4, 0.5) is 5.69 Å². The zero-order valence-corrected chi connectivity index (χ0v) is 15.1. The summed E-state index contributed by atoms with van der Waals surface area (Å²) in [7, 11) is 1.33. The smallest absolute Gasteiger partial charge is 0.350 e. The summed E-state index contributed by atoms with van der Waals surface area (Å²) in [6, 6.07) is 9.77. The predicted octanol–water partition coefficient (Wildman–Crippen LogP) is 4.95. The fourth-order valence-corrected chi connectivity index (χ4v) is 4.53. The molecule has 0 aliphatic heterocycles. The summed E-state index contributed by atoms with van der Waals surface area (Å²) in [5.41, 5.74) is 1.57. The number of fused-ring (bicyclic) bond motifs is 1. The van der Waals surface area contributed by atoms with E-state index in [0.29, 0.717) is 15.4 Å². The fraction of sp³-hybridized carbons (Fsp3) is 0.222. The van der Waals surface area contributed by atoms with Crippen LogP contribution >= 0.6 is 22.7 Å².